The Kier molecular flexibility index (Phi) is 6.58. The molecule has 1 amide bonds. The summed E-state index contributed by atoms with van der Waals surface area (Å²) in [5.74, 6) is 0.908. The van der Waals surface area contributed by atoms with Crippen LogP contribution in [0.25, 0.3) is 0 Å². The first-order valence-corrected chi connectivity index (χ1v) is 9.60. The molecule has 144 valence electrons. The van der Waals surface area contributed by atoms with Crippen molar-refractivity contribution in [2.24, 2.45) is 0 Å². The van der Waals surface area contributed by atoms with Crippen LogP contribution in [0.4, 0.5) is 5.69 Å². The highest BCUT2D eigenvalue weighted by atomic mass is 35.5. The largest absolute Gasteiger partial charge is 0.495 e. The monoisotopic (exact) mass is 387 g/mol. The average Bonchev–Trinajstić information content (AvgIpc) is 2.68. The fraction of sp³-hybridized carbons (Fsp3) is 0.381. The SMILES string of the molecule is COc1ccccc1N1CCN(CC(=O)NC(C)c2ccccc2Cl)CC1. The Morgan fingerprint density at radius 2 is 1.78 bits per heavy atom. The maximum atomic E-state index is 12.4. The molecule has 1 unspecified atom stereocenters. The molecule has 0 bridgehead atoms. The number of rotatable bonds is 6. The summed E-state index contributed by atoms with van der Waals surface area (Å²) in [5.41, 5.74) is 2.05. The minimum Gasteiger partial charge on any atom is -0.495 e. The highest BCUT2D eigenvalue weighted by Gasteiger charge is 2.22. The third-order valence-corrected chi connectivity index (χ3v) is 5.26. The van der Waals surface area contributed by atoms with Crippen LogP contribution in [0.3, 0.4) is 0 Å². The number of methoxy groups -OCH3 is 1. The molecule has 1 aliphatic heterocycles. The number of para-hydroxylation sites is 2. The predicted octanol–water partition coefficient (Wildman–Crippen LogP) is 3.35. The van der Waals surface area contributed by atoms with E-state index in [1.54, 1.807) is 7.11 Å². The Morgan fingerprint density at radius 1 is 1.11 bits per heavy atom. The lowest BCUT2D eigenvalue weighted by Gasteiger charge is -2.36. The van der Waals surface area contributed by atoms with Gasteiger partial charge in [0.15, 0.2) is 0 Å². The number of carbonyl (C=O) groups is 1. The van der Waals surface area contributed by atoms with Crippen LogP contribution in [-0.2, 0) is 4.79 Å². The van der Waals surface area contributed by atoms with Crippen LogP contribution in [0.15, 0.2) is 48.5 Å². The lowest BCUT2D eigenvalue weighted by molar-refractivity contribution is -0.123. The molecule has 2 aromatic rings. The summed E-state index contributed by atoms with van der Waals surface area (Å²) in [6.45, 7) is 5.77. The molecule has 0 aromatic heterocycles. The van der Waals surface area contributed by atoms with Gasteiger partial charge in [0.05, 0.1) is 25.4 Å². The molecular weight excluding hydrogens is 362 g/mol. The Bertz CT molecular complexity index is 776. The normalized spacial score (nSPS) is 16.0. The second-order valence-electron chi connectivity index (χ2n) is 6.75. The summed E-state index contributed by atoms with van der Waals surface area (Å²) < 4.78 is 5.46. The third kappa shape index (κ3) is 4.93. The van der Waals surface area contributed by atoms with E-state index in [2.05, 4.69) is 21.2 Å². The fourth-order valence-electron chi connectivity index (χ4n) is 3.43. The standard InChI is InChI=1S/C21H26ClN3O2/c1-16(17-7-3-4-8-18(17)22)23-21(26)15-24-11-13-25(14-12-24)19-9-5-6-10-20(19)27-2/h3-10,16H,11-15H2,1-2H3,(H,23,26). The number of amides is 1. The van der Waals surface area contributed by atoms with E-state index >= 15 is 0 Å². The van der Waals surface area contributed by atoms with Crippen molar-refractivity contribution in [1.82, 2.24) is 10.2 Å². The molecule has 1 fully saturated rings. The lowest BCUT2D eigenvalue weighted by atomic mass is 10.1. The summed E-state index contributed by atoms with van der Waals surface area (Å²) in [6, 6.07) is 15.5. The van der Waals surface area contributed by atoms with Gasteiger partial charge >= 0.3 is 0 Å². The zero-order chi connectivity index (χ0) is 19.2. The zero-order valence-corrected chi connectivity index (χ0v) is 16.6. The van der Waals surface area contributed by atoms with Crippen LogP contribution in [0.2, 0.25) is 5.02 Å². The molecular formula is C21H26ClN3O2. The van der Waals surface area contributed by atoms with Crippen molar-refractivity contribution in [2.75, 3.05) is 44.7 Å². The smallest absolute Gasteiger partial charge is 0.234 e. The number of piperazine rings is 1. The molecule has 0 radical (unpaired) electrons. The van der Waals surface area contributed by atoms with Crippen LogP contribution in [-0.4, -0.2) is 50.6 Å². The highest BCUT2D eigenvalue weighted by Crippen LogP contribution is 2.28. The number of hydrogen-bond acceptors (Lipinski definition) is 4. The minimum atomic E-state index is -0.110. The van der Waals surface area contributed by atoms with Gasteiger partial charge in [0.2, 0.25) is 5.91 Å². The average molecular weight is 388 g/mol. The zero-order valence-electron chi connectivity index (χ0n) is 15.8. The quantitative estimate of drug-likeness (QED) is 0.825. The van der Waals surface area contributed by atoms with Crippen LogP contribution < -0.4 is 15.0 Å². The van der Waals surface area contributed by atoms with Crippen molar-refractivity contribution in [1.29, 1.82) is 0 Å². The van der Waals surface area contributed by atoms with Crippen LogP contribution in [0.5, 0.6) is 5.75 Å². The second-order valence-corrected chi connectivity index (χ2v) is 7.15. The highest BCUT2D eigenvalue weighted by molar-refractivity contribution is 6.31. The van der Waals surface area contributed by atoms with Crippen LogP contribution >= 0.6 is 11.6 Å². The van der Waals surface area contributed by atoms with E-state index in [9.17, 15) is 4.79 Å². The first-order valence-electron chi connectivity index (χ1n) is 9.22. The Morgan fingerprint density at radius 3 is 2.48 bits per heavy atom. The van der Waals surface area contributed by atoms with E-state index in [1.807, 2.05) is 49.4 Å². The number of anilines is 1. The molecule has 1 saturated heterocycles. The van der Waals surface area contributed by atoms with Crippen molar-refractivity contribution < 1.29 is 9.53 Å². The molecule has 1 heterocycles. The predicted molar refractivity (Wildman–Crippen MR) is 110 cm³/mol. The molecule has 0 spiro atoms. The van der Waals surface area contributed by atoms with Gasteiger partial charge < -0.3 is 15.0 Å². The van der Waals surface area contributed by atoms with Gasteiger partial charge in [-0.25, -0.2) is 0 Å². The lowest BCUT2D eigenvalue weighted by Crippen LogP contribution is -2.49. The van der Waals surface area contributed by atoms with Crippen LogP contribution in [0, 0.1) is 0 Å². The van der Waals surface area contributed by atoms with E-state index in [0.29, 0.717) is 11.6 Å². The fourth-order valence-corrected chi connectivity index (χ4v) is 3.73. The molecule has 1 N–H and O–H groups in total. The van der Waals surface area contributed by atoms with Crippen molar-refractivity contribution in [2.45, 2.75) is 13.0 Å². The molecule has 27 heavy (non-hydrogen) atoms. The number of nitrogens with one attached hydrogen (secondary N) is 1. The number of benzene rings is 2. The first-order chi connectivity index (χ1) is 13.1. The molecule has 0 saturated carbocycles. The topological polar surface area (TPSA) is 44.8 Å². The van der Waals surface area contributed by atoms with E-state index in [-0.39, 0.29) is 11.9 Å². The Balaban J connectivity index is 1.50. The number of carbonyl (C=O) groups excluding carboxylic acids is 1. The molecule has 1 aliphatic rings. The molecule has 6 heteroatoms. The third-order valence-electron chi connectivity index (χ3n) is 4.91. The Hall–Kier alpha value is -2.24. The van der Waals surface area contributed by atoms with E-state index in [0.717, 1.165) is 43.2 Å². The Labute approximate surface area is 165 Å². The molecule has 1 atom stereocenters. The summed E-state index contributed by atoms with van der Waals surface area (Å²) in [5, 5.41) is 3.72. The van der Waals surface area contributed by atoms with Gasteiger partial charge in [-0.3, -0.25) is 9.69 Å². The van der Waals surface area contributed by atoms with Crippen molar-refractivity contribution in [3.05, 3.63) is 59.1 Å². The minimum absolute atomic E-state index is 0.0214. The van der Waals surface area contributed by atoms with Crippen molar-refractivity contribution >= 4 is 23.2 Å². The van der Waals surface area contributed by atoms with E-state index in [4.69, 9.17) is 16.3 Å². The number of halogens is 1. The van der Waals surface area contributed by atoms with Gasteiger partial charge in [-0.15, -0.1) is 0 Å². The van der Waals surface area contributed by atoms with Gasteiger partial charge in [0.25, 0.3) is 0 Å². The van der Waals surface area contributed by atoms with Crippen molar-refractivity contribution in [3.63, 3.8) is 0 Å². The summed E-state index contributed by atoms with van der Waals surface area (Å²) in [6.07, 6.45) is 0. The second kappa shape index (κ2) is 9.11. The maximum absolute atomic E-state index is 12.4. The molecule has 5 nitrogen and oxygen atoms in total. The van der Waals surface area contributed by atoms with Crippen LogP contribution in [0.1, 0.15) is 18.5 Å². The molecule has 2 aromatic carbocycles. The number of hydrogen-bond donors (Lipinski definition) is 1. The summed E-state index contributed by atoms with van der Waals surface area (Å²) in [7, 11) is 1.69. The summed E-state index contributed by atoms with van der Waals surface area (Å²) >= 11 is 6.22. The van der Waals surface area contributed by atoms with E-state index < -0.39 is 0 Å². The first kappa shape index (κ1) is 19.5. The van der Waals surface area contributed by atoms with Crippen molar-refractivity contribution in [3.8, 4) is 5.75 Å². The number of ether oxygens (including phenoxy) is 1. The van der Waals surface area contributed by atoms with Gasteiger partial charge in [0.1, 0.15) is 5.75 Å². The number of nitrogens with zero attached hydrogens (tertiary/aromatic N) is 2. The van der Waals surface area contributed by atoms with Gasteiger partial charge in [-0.1, -0.05) is 41.9 Å². The van der Waals surface area contributed by atoms with Gasteiger partial charge in [-0.05, 0) is 30.7 Å². The maximum Gasteiger partial charge on any atom is 0.234 e. The summed E-state index contributed by atoms with van der Waals surface area (Å²) in [4.78, 5) is 16.9. The molecule has 3 rings (SSSR count). The van der Waals surface area contributed by atoms with E-state index in [1.165, 1.54) is 0 Å². The molecule has 0 aliphatic carbocycles. The van der Waals surface area contributed by atoms with Gasteiger partial charge in [0, 0.05) is 31.2 Å². The van der Waals surface area contributed by atoms with Gasteiger partial charge in [-0.2, -0.15) is 0 Å².